The van der Waals surface area contributed by atoms with Crippen molar-refractivity contribution in [2.75, 3.05) is 24.5 Å². The van der Waals surface area contributed by atoms with E-state index in [1.807, 2.05) is 34.1 Å². The van der Waals surface area contributed by atoms with Crippen molar-refractivity contribution in [1.29, 1.82) is 0 Å². The van der Waals surface area contributed by atoms with Gasteiger partial charge in [-0.1, -0.05) is 23.9 Å². The van der Waals surface area contributed by atoms with Crippen LogP contribution in [0.25, 0.3) is 0 Å². The molecule has 2 aromatic rings. The summed E-state index contributed by atoms with van der Waals surface area (Å²) in [5.74, 6) is 0.0664. The second-order valence-corrected chi connectivity index (χ2v) is 7.82. The van der Waals surface area contributed by atoms with Gasteiger partial charge in [-0.3, -0.25) is 4.79 Å². The lowest BCUT2D eigenvalue weighted by Crippen LogP contribution is -2.32. The molecule has 0 aliphatic carbocycles. The third-order valence-electron chi connectivity index (χ3n) is 4.96. The van der Waals surface area contributed by atoms with Gasteiger partial charge in [0, 0.05) is 35.8 Å². The highest BCUT2D eigenvalue weighted by Crippen LogP contribution is 2.49. The van der Waals surface area contributed by atoms with Crippen molar-refractivity contribution in [1.82, 2.24) is 4.90 Å². The summed E-state index contributed by atoms with van der Waals surface area (Å²) in [7, 11) is 0. The maximum absolute atomic E-state index is 13.2. The predicted octanol–water partition coefficient (Wildman–Crippen LogP) is 5.32. The third-order valence-corrected chi connectivity index (χ3v) is 6.09. The van der Waals surface area contributed by atoms with E-state index in [2.05, 4.69) is 0 Å². The second-order valence-electron chi connectivity index (χ2n) is 6.74. The van der Waals surface area contributed by atoms with Crippen molar-refractivity contribution < 1.29 is 18.0 Å². The van der Waals surface area contributed by atoms with Crippen LogP contribution in [0.5, 0.6) is 0 Å². The molecule has 3 nitrogen and oxygen atoms in total. The van der Waals surface area contributed by atoms with E-state index in [9.17, 15) is 18.0 Å². The van der Waals surface area contributed by atoms with Crippen LogP contribution >= 0.6 is 11.8 Å². The fraction of sp³-hybridized carbons (Fsp3) is 0.350. The highest BCUT2D eigenvalue weighted by molar-refractivity contribution is 7.99. The summed E-state index contributed by atoms with van der Waals surface area (Å²) in [5.41, 5.74) is 0.698. The zero-order chi connectivity index (χ0) is 19.0. The maximum Gasteiger partial charge on any atom is 0.416 e. The number of hydrogen-bond donors (Lipinski definition) is 0. The van der Waals surface area contributed by atoms with E-state index >= 15 is 0 Å². The molecule has 2 aromatic carbocycles. The molecule has 142 valence electrons. The van der Waals surface area contributed by atoms with Crippen LogP contribution in [0, 0.1) is 0 Å². The first-order valence-electron chi connectivity index (χ1n) is 8.97. The zero-order valence-corrected chi connectivity index (χ0v) is 15.4. The van der Waals surface area contributed by atoms with Gasteiger partial charge in [-0.15, -0.1) is 0 Å². The Morgan fingerprint density at radius 1 is 1.00 bits per heavy atom. The van der Waals surface area contributed by atoms with Crippen molar-refractivity contribution in [3.8, 4) is 0 Å². The number of likely N-dealkylation sites (tertiary alicyclic amines) is 1. The van der Waals surface area contributed by atoms with Crippen molar-refractivity contribution in [2.45, 2.75) is 35.2 Å². The number of rotatable bonds is 3. The summed E-state index contributed by atoms with van der Waals surface area (Å²) in [4.78, 5) is 17.9. The molecule has 1 saturated heterocycles. The number of para-hydroxylation sites is 1. The molecule has 0 spiro atoms. The average molecular weight is 392 g/mol. The van der Waals surface area contributed by atoms with Gasteiger partial charge in [-0.2, -0.15) is 13.2 Å². The fourth-order valence-corrected chi connectivity index (χ4v) is 4.65. The highest BCUT2D eigenvalue weighted by Gasteiger charge is 2.33. The van der Waals surface area contributed by atoms with Gasteiger partial charge in [-0.25, -0.2) is 0 Å². The Bertz CT molecular complexity index is 863. The van der Waals surface area contributed by atoms with Crippen LogP contribution in [0.3, 0.4) is 0 Å². The van der Waals surface area contributed by atoms with Crippen LogP contribution < -0.4 is 4.90 Å². The quantitative estimate of drug-likeness (QED) is 0.706. The first-order chi connectivity index (χ1) is 12.9. The number of amides is 1. The minimum Gasteiger partial charge on any atom is -0.343 e. The molecule has 2 heterocycles. The van der Waals surface area contributed by atoms with E-state index in [1.165, 1.54) is 23.9 Å². The van der Waals surface area contributed by atoms with E-state index in [0.29, 0.717) is 12.2 Å². The molecule has 0 bridgehead atoms. The van der Waals surface area contributed by atoms with Gasteiger partial charge in [0.05, 0.1) is 16.9 Å². The highest BCUT2D eigenvalue weighted by atomic mass is 32.2. The number of alkyl halides is 3. The number of nitrogens with zero attached hydrogens (tertiary/aromatic N) is 2. The van der Waals surface area contributed by atoms with E-state index in [1.54, 1.807) is 0 Å². The molecular formula is C20H19F3N2OS. The Morgan fingerprint density at radius 3 is 2.44 bits per heavy atom. The smallest absolute Gasteiger partial charge is 0.343 e. The Kier molecular flexibility index (Phi) is 4.80. The minimum atomic E-state index is -4.40. The molecule has 0 atom stereocenters. The molecular weight excluding hydrogens is 373 g/mol. The van der Waals surface area contributed by atoms with E-state index in [-0.39, 0.29) is 12.3 Å². The van der Waals surface area contributed by atoms with Gasteiger partial charge < -0.3 is 9.80 Å². The molecule has 0 aromatic heterocycles. The number of carbonyl (C=O) groups excluding carboxylic acids is 1. The van der Waals surface area contributed by atoms with Crippen LogP contribution in [0.4, 0.5) is 24.5 Å². The van der Waals surface area contributed by atoms with Gasteiger partial charge in [-0.05, 0) is 43.2 Å². The van der Waals surface area contributed by atoms with Crippen LogP contribution in [-0.4, -0.2) is 30.4 Å². The number of halogens is 3. The molecule has 0 radical (unpaired) electrons. The summed E-state index contributed by atoms with van der Waals surface area (Å²) < 4.78 is 39.6. The summed E-state index contributed by atoms with van der Waals surface area (Å²) in [6.07, 6.45) is -2.07. The number of hydrogen-bond acceptors (Lipinski definition) is 3. The van der Waals surface area contributed by atoms with Crippen LogP contribution in [0.15, 0.2) is 52.3 Å². The lowest BCUT2D eigenvalue weighted by Gasteiger charge is -2.33. The molecule has 2 aliphatic rings. The van der Waals surface area contributed by atoms with Crippen molar-refractivity contribution in [3.63, 3.8) is 0 Å². The Balaban J connectivity index is 1.65. The lowest BCUT2D eigenvalue weighted by molar-refractivity contribution is -0.137. The Labute approximate surface area is 160 Å². The number of benzene rings is 2. The van der Waals surface area contributed by atoms with E-state index in [0.717, 1.165) is 47.5 Å². The molecule has 7 heteroatoms. The van der Waals surface area contributed by atoms with Gasteiger partial charge >= 0.3 is 6.18 Å². The summed E-state index contributed by atoms with van der Waals surface area (Å²) in [6.45, 7) is 1.92. The van der Waals surface area contributed by atoms with Crippen molar-refractivity contribution in [2.24, 2.45) is 0 Å². The first-order valence-corrected chi connectivity index (χ1v) is 9.78. The first kappa shape index (κ1) is 18.2. The van der Waals surface area contributed by atoms with Crippen LogP contribution in [0.1, 0.15) is 24.8 Å². The van der Waals surface area contributed by atoms with Crippen LogP contribution in [-0.2, 0) is 11.0 Å². The summed E-state index contributed by atoms with van der Waals surface area (Å²) >= 11 is 1.46. The topological polar surface area (TPSA) is 23.6 Å². The molecule has 27 heavy (non-hydrogen) atoms. The number of anilines is 2. The predicted molar refractivity (Wildman–Crippen MR) is 99.4 cm³/mol. The van der Waals surface area contributed by atoms with Gasteiger partial charge in [0.25, 0.3) is 0 Å². The number of fused-ring (bicyclic) bond motifs is 2. The van der Waals surface area contributed by atoms with Crippen molar-refractivity contribution >= 4 is 29.0 Å². The second kappa shape index (κ2) is 7.11. The van der Waals surface area contributed by atoms with Crippen molar-refractivity contribution in [3.05, 3.63) is 48.0 Å². The third kappa shape index (κ3) is 3.65. The van der Waals surface area contributed by atoms with E-state index in [4.69, 9.17) is 0 Å². The van der Waals surface area contributed by atoms with Gasteiger partial charge in [0.2, 0.25) is 5.91 Å². The van der Waals surface area contributed by atoms with Gasteiger partial charge in [0.1, 0.15) is 0 Å². The van der Waals surface area contributed by atoms with Gasteiger partial charge in [0.15, 0.2) is 0 Å². The average Bonchev–Trinajstić information content (AvgIpc) is 3.18. The normalized spacial score (nSPS) is 16.3. The minimum absolute atomic E-state index is 0.0664. The van der Waals surface area contributed by atoms with E-state index < -0.39 is 11.7 Å². The van der Waals surface area contributed by atoms with Crippen LogP contribution in [0.2, 0.25) is 0 Å². The Hall–Kier alpha value is -2.15. The molecule has 4 rings (SSSR count). The summed E-state index contributed by atoms with van der Waals surface area (Å²) in [6, 6.07) is 11.5. The SMILES string of the molecule is O=C(CCN1c2ccccc2Sc2ccc(C(F)(F)F)cc21)N1CCCC1. The molecule has 0 N–H and O–H groups in total. The summed E-state index contributed by atoms with van der Waals surface area (Å²) in [5, 5.41) is 0. The maximum atomic E-state index is 13.2. The molecule has 2 aliphatic heterocycles. The Morgan fingerprint density at radius 2 is 1.70 bits per heavy atom. The molecule has 0 saturated carbocycles. The standard InChI is InChI=1S/C20H19F3N2OS/c21-20(22,23)14-7-8-18-16(13-14)25(15-5-1-2-6-17(15)27-18)12-9-19(26)24-10-3-4-11-24/h1-2,5-8,13H,3-4,9-12H2. The largest absolute Gasteiger partial charge is 0.416 e. The fourth-order valence-electron chi connectivity index (χ4n) is 3.58. The monoisotopic (exact) mass is 392 g/mol. The molecule has 1 amide bonds. The zero-order valence-electron chi connectivity index (χ0n) is 14.6. The lowest BCUT2D eigenvalue weighted by atomic mass is 10.1. The number of carbonyl (C=O) groups is 1. The molecule has 0 unspecified atom stereocenters. The molecule has 1 fully saturated rings.